The summed E-state index contributed by atoms with van der Waals surface area (Å²) in [5.74, 6) is 1.38. The minimum absolute atomic E-state index is 0.324. The highest BCUT2D eigenvalue weighted by Gasteiger charge is 2.14. The van der Waals surface area contributed by atoms with Crippen LogP contribution in [0, 0.1) is 5.82 Å². The van der Waals surface area contributed by atoms with Gasteiger partial charge in [0.15, 0.2) is 11.6 Å². The van der Waals surface area contributed by atoms with Crippen LogP contribution in [0.3, 0.4) is 0 Å². The van der Waals surface area contributed by atoms with Gasteiger partial charge < -0.3 is 14.6 Å². The van der Waals surface area contributed by atoms with Crippen molar-refractivity contribution in [2.45, 2.75) is 6.42 Å². The molecule has 0 aliphatic carbocycles. The molecule has 0 bridgehead atoms. The molecular weight excluding hydrogens is 343 g/mol. The van der Waals surface area contributed by atoms with Gasteiger partial charge in [0.25, 0.3) is 0 Å². The normalized spacial score (nSPS) is 11.6. The Balaban J connectivity index is 1.74. The Morgan fingerprint density at radius 3 is 2.74 bits per heavy atom. The molecule has 138 valence electrons. The number of para-hydroxylation sites is 1. The first-order chi connectivity index (χ1) is 13.1. The Kier molecular flexibility index (Phi) is 4.73. The molecule has 0 fully saturated rings. The third kappa shape index (κ3) is 3.75. The van der Waals surface area contributed by atoms with Crippen molar-refractivity contribution in [2.75, 3.05) is 32.5 Å². The number of hydrogen-bond acceptors (Lipinski definition) is 5. The zero-order valence-electron chi connectivity index (χ0n) is 15.4. The van der Waals surface area contributed by atoms with Crippen molar-refractivity contribution in [3.8, 4) is 11.6 Å². The lowest BCUT2D eigenvalue weighted by Crippen LogP contribution is -2.16. The summed E-state index contributed by atoms with van der Waals surface area (Å²) < 4.78 is 19.6. The van der Waals surface area contributed by atoms with Crippen LogP contribution in [0.15, 0.2) is 52.9 Å². The Labute approximate surface area is 156 Å². The fourth-order valence-electron chi connectivity index (χ4n) is 3.04. The summed E-state index contributed by atoms with van der Waals surface area (Å²) in [6, 6.07) is 14.2. The van der Waals surface area contributed by atoms with Gasteiger partial charge in [-0.3, -0.25) is 0 Å². The SMILES string of the molecule is CN(C)CCCNc1nc(-c2cc3ccccc3o2)nc2cc(F)ccc12. The average molecular weight is 364 g/mol. The van der Waals surface area contributed by atoms with Gasteiger partial charge in [0.1, 0.15) is 17.2 Å². The van der Waals surface area contributed by atoms with Gasteiger partial charge in [-0.05, 0) is 51.3 Å². The van der Waals surface area contributed by atoms with E-state index in [1.165, 1.54) is 12.1 Å². The van der Waals surface area contributed by atoms with Gasteiger partial charge in [-0.1, -0.05) is 18.2 Å². The zero-order valence-corrected chi connectivity index (χ0v) is 15.4. The van der Waals surface area contributed by atoms with Crippen LogP contribution in [0.5, 0.6) is 0 Å². The first-order valence-electron chi connectivity index (χ1n) is 8.95. The summed E-state index contributed by atoms with van der Waals surface area (Å²) in [6.45, 7) is 1.74. The number of anilines is 1. The summed E-state index contributed by atoms with van der Waals surface area (Å²) in [6.07, 6.45) is 0.972. The lowest BCUT2D eigenvalue weighted by atomic mass is 10.2. The second-order valence-electron chi connectivity index (χ2n) is 6.79. The summed E-state index contributed by atoms with van der Waals surface area (Å²) in [5.41, 5.74) is 1.33. The Hall–Kier alpha value is -2.99. The van der Waals surface area contributed by atoms with Crippen LogP contribution in [0.1, 0.15) is 6.42 Å². The predicted octanol–water partition coefficient (Wildman–Crippen LogP) is 4.55. The first-order valence-corrected chi connectivity index (χ1v) is 8.95. The van der Waals surface area contributed by atoms with Crippen molar-refractivity contribution in [2.24, 2.45) is 0 Å². The summed E-state index contributed by atoms with van der Waals surface area (Å²) in [4.78, 5) is 11.3. The number of hydrogen-bond donors (Lipinski definition) is 1. The largest absolute Gasteiger partial charge is 0.453 e. The molecule has 0 amide bonds. The van der Waals surface area contributed by atoms with Gasteiger partial charge in [-0.15, -0.1) is 0 Å². The minimum Gasteiger partial charge on any atom is -0.453 e. The average Bonchev–Trinajstić information content (AvgIpc) is 3.08. The summed E-state index contributed by atoms with van der Waals surface area (Å²) in [7, 11) is 4.09. The highest BCUT2D eigenvalue weighted by Crippen LogP contribution is 2.29. The Bertz CT molecular complexity index is 1060. The molecule has 0 radical (unpaired) electrons. The van der Waals surface area contributed by atoms with E-state index in [0.717, 1.165) is 35.9 Å². The maximum absolute atomic E-state index is 13.8. The van der Waals surface area contributed by atoms with E-state index in [2.05, 4.69) is 20.2 Å². The smallest absolute Gasteiger partial charge is 0.198 e. The van der Waals surface area contributed by atoms with Gasteiger partial charge in [-0.2, -0.15) is 0 Å². The van der Waals surface area contributed by atoms with E-state index in [1.54, 1.807) is 6.07 Å². The molecule has 0 spiro atoms. The number of halogens is 1. The maximum atomic E-state index is 13.8. The molecule has 0 saturated heterocycles. The zero-order chi connectivity index (χ0) is 18.8. The van der Waals surface area contributed by atoms with E-state index in [0.29, 0.717) is 22.9 Å². The second kappa shape index (κ2) is 7.32. The topological polar surface area (TPSA) is 54.2 Å². The molecular formula is C21H21FN4O. The van der Waals surface area contributed by atoms with E-state index >= 15 is 0 Å². The molecule has 0 saturated carbocycles. The van der Waals surface area contributed by atoms with Gasteiger partial charge >= 0.3 is 0 Å². The van der Waals surface area contributed by atoms with Crippen LogP contribution in [0.4, 0.5) is 10.2 Å². The summed E-state index contributed by atoms with van der Waals surface area (Å²) >= 11 is 0. The van der Waals surface area contributed by atoms with E-state index in [4.69, 9.17) is 4.42 Å². The molecule has 0 atom stereocenters. The van der Waals surface area contributed by atoms with Crippen LogP contribution in [-0.2, 0) is 0 Å². The molecule has 0 aliphatic rings. The fourth-order valence-corrected chi connectivity index (χ4v) is 3.04. The maximum Gasteiger partial charge on any atom is 0.198 e. The molecule has 27 heavy (non-hydrogen) atoms. The van der Waals surface area contributed by atoms with Gasteiger partial charge in [0.2, 0.25) is 0 Å². The van der Waals surface area contributed by atoms with Crippen LogP contribution in [0.2, 0.25) is 0 Å². The van der Waals surface area contributed by atoms with Crippen molar-refractivity contribution >= 4 is 27.7 Å². The van der Waals surface area contributed by atoms with E-state index in [9.17, 15) is 4.39 Å². The lowest BCUT2D eigenvalue weighted by molar-refractivity contribution is 0.405. The molecule has 4 rings (SSSR count). The van der Waals surface area contributed by atoms with E-state index in [1.807, 2.05) is 44.4 Å². The lowest BCUT2D eigenvalue weighted by Gasteiger charge is -2.12. The van der Waals surface area contributed by atoms with Crippen molar-refractivity contribution in [1.29, 1.82) is 0 Å². The molecule has 4 aromatic rings. The number of nitrogens with one attached hydrogen (secondary N) is 1. The molecule has 5 nitrogen and oxygen atoms in total. The third-order valence-corrected chi connectivity index (χ3v) is 4.38. The fraction of sp³-hybridized carbons (Fsp3) is 0.238. The van der Waals surface area contributed by atoms with Crippen LogP contribution in [-0.4, -0.2) is 42.1 Å². The minimum atomic E-state index is -0.324. The summed E-state index contributed by atoms with van der Waals surface area (Å²) in [5, 5.41) is 5.14. The number of nitrogens with zero attached hydrogens (tertiary/aromatic N) is 3. The third-order valence-electron chi connectivity index (χ3n) is 4.38. The molecule has 2 heterocycles. The van der Waals surface area contributed by atoms with Crippen LogP contribution in [0.25, 0.3) is 33.5 Å². The standard InChI is InChI=1S/C21H21FN4O/c1-26(2)11-5-10-23-20-16-9-8-15(22)13-17(16)24-21(25-20)19-12-14-6-3-4-7-18(14)27-19/h3-4,6-9,12-13H,5,10-11H2,1-2H3,(H,23,24,25). The molecule has 0 aliphatic heterocycles. The van der Waals surface area contributed by atoms with Crippen LogP contribution >= 0.6 is 0 Å². The second-order valence-corrected chi connectivity index (χ2v) is 6.79. The Morgan fingerprint density at radius 1 is 1.07 bits per heavy atom. The number of benzene rings is 2. The molecule has 2 aromatic heterocycles. The first kappa shape index (κ1) is 17.4. The highest BCUT2D eigenvalue weighted by molar-refractivity contribution is 5.91. The van der Waals surface area contributed by atoms with Crippen molar-refractivity contribution in [1.82, 2.24) is 14.9 Å². The quantitative estimate of drug-likeness (QED) is 0.509. The molecule has 6 heteroatoms. The number of furan rings is 1. The molecule has 1 N–H and O–H groups in total. The van der Waals surface area contributed by atoms with Crippen molar-refractivity contribution in [3.05, 3.63) is 54.3 Å². The number of aromatic nitrogens is 2. The number of fused-ring (bicyclic) bond motifs is 2. The highest BCUT2D eigenvalue weighted by atomic mass is 19.1. The van der Waals surface area contributed by atoms with Gasteiger partial charge in [-0.25, -0.2) is 14.4 Å². The molecule has 2 aromatic carbocycles. The van der Waals surface area contributed by atoms with Crippen LogP contribution < -0.4 is 5.32 Å². The van der Waals surface area contributed by atoms with E-state index < -0.39 is 0 Å². The van der Waals surface area contributed by atoms with Crippen molar-refractivity contribution < 1.29 is 8.81 Å². The number of rotatable bonds is 6. The van der Waals surface area contributed by atoms with Gasteiger partial charge in [0, 0.05) is 23.4 Å². The monoisotopic (exact) mass is 364 g/mol. The van der Waals surface area contributed by atoms with Crippen molar-refractivity contribution in [3.63, 3.8) is 0 Å². The molecule has 0 unspecified atom stereocenters. The Morgan fingerprint density at radius 2 is 1.93 bits per heavy atom. The van der Waals surface area contributed by atoms with Gasteiger partial charge in [0.05, 0.1) is 5.52 Å². The van der Waals surface area contributed by atoms with E-state index in [-0.39, 0.29) is 5.82 Å². The predicted molar refractivity (Wildman–Crippen MR) is 106 cm³/mol.